The molecule has 1 aliphatic heterocycles. The lowest BCUT2D eigenvalue weighted by atomic mass is 9.82. The van der Waals surface area contributed by atoms with Gasteiger partial charge in [-0.2, -0.15) is 0 Å². The number of Topliss-reactive ketones (excluding diaryl/α,β-unsaturated/α-hetero) is 1. The number of nitrogens with zero attached hydrogens (tertiary/aromatic N) is 1. The molecule has 3 nitrogen and oxygen atoms in total. The summed E-state index contributed by atoms with van der Waals surface area (Å²) in [6, 6.07) is 4.07. The smallest absolute Gasteiger partial charge is 0.144 e. The van der Waals surface area contributed by atoms with E-state index in [0.717, 1.165) is 44.4 Å². The van der Waals surface area contributed by atoms with Crippen LogP contribution in [0.25, 0.3) is 0 Å². The van der Waals surface area contributed by atoms with Crippen molar-refractivity contribution in [3.05, 3.63) is 29.6 Å². The molecule has 96 valence electrons. The maximum absolute atomic E-state index is 12.4. The number of carbonyl (C=O) groups excluding carboxylic acids is 1. The van der Waals surface area contributed by atoms with E-state index in [-0.39, 0.29) is 12.0 Å². The van der Waals surface area contributed by atoms with Gasteiger partial charge in [-0.05, 0) is 43.7 Å². The fourth-order valence-electron chi connectivity index (χ4n) is 3.09. The minimum absolute atomic E-state index is 0.0131. The number of aryl methyl sites for hydroxylation is 1. The van der Waals surface area contributed by atoms with Crippen LogP contribution in [-0.2, 0) is 16.0 Å². The topological polar surface area (TPSA) is 39.2 Å². The fraction of sp³-hybridized carbons (Fsp3) is 0.600. The number of hydrogen-bond acceptors (Lipinski definition) is 3. The molecule has 1 fully saturated rings. The molecule has 1 aliphatic carbocycles. The third-order valence-corrected chi connectivity index (χ3v) is 4.04. The van der Waals surface area contributed by atoms with Crippen LogP contribution < -0.4 is 0 Å². The van der Waals surface area contributed by atoms with Crippen molar-refractivity contribution in [2.45, 2.75) is 50.5 Å². The lowest BCUT2D eigenvalue weighted by Gasteiger charge is -2.24. The minimum atomic E-state index is 0.0131. The van der Waals surface area contributed by atoms with Crippen LogP contribution in [0.15, 0.2) is 18.3 Å². The van der Waals surface area contributed by atoms with Crippen molar-refractivity contribution in [3.8, 4) is 0 Å². The first kappa shape index (κ1) is 11.8. The minimum Gasteiger partial charge on any atom is -0.378 e. The molecule has 3 rings (SSSR count). The summed E-state index contributed by atoms with van der Waals surface area (Å²) in [6.45, 7) is 0.817. The zero-order valence-electron chi connectivity index (χ0n) is 10.6. The van der Waals surface area contributed by atoms with E-state index >= 15 is 0 Å². The van der Waals surface area contributed by atoms with Gasteiger partial charge >= 0.3 is 0 Å². The van der Waals surface area contributed by atoms with Crippen molar-refractivity contribution in [2.24, 2.45) is 0 Å². The molecule has 18 heavy (non-hydrogen) atoms. The highest BCUT2D eigenvalue weighted by atomic mass is 16.5. The predicted molar refractivity (Wildman–Crippen MR) is 68.5 cm³/mol. The van der Waals surface area contributed by atoms with Gasteiger partial charge in [0.1, 0.15) is 5.78 Å². The van der Waals surface area contributed by atoms with Gasteiger partial charge in [-0.15, -0.1) is 0 Å². The summed E-state index contributed by atoms with van der Waals surface area (Å²) in [7, 11) is 0. The zero-order chi connectivity index (χ0) is 12.4. The number of aromatic nitrogens is 1. The Bertz CT molecular complexity index is 438. The summed E-state index contributed by atoms with van der Waals surface area (Å²) < 4.78 is 5.56. The summed E-state index contributed by atoms with van der Waals surface area (Å²) >= 11 is 0. The number of rotatable bonds is 3. The van der Waals surface area contributed by atoms with Crippen LogP contribution in [0.5, 0.6) is 0 Å². The van der Waals surface area contributed by atoms with Crippen molar-refractivity contribution in [1.82, 2.24) is 4.98 Å². The van der Waals surface area contributed by atoms with Crippen molar-refractivity contribution in [1.29, 1.82) is 0 Å². The van der Waals surface area contributed by atoms with Gasteiger partial charge in [0, 0.05) is 19.2 Å². The second-order valence-electron chi connectivity index (χ2n) is 5.30. The Morgan fingerprint density at radius 3 is 3.17 bits per heavy atom. The van der Waals surface area contributed by atoms with Crippen LogP contribution >= 0.6 is 0 Å². The van der Waals surface area contributed by atoms with Crippen LogP contribution in [0.3, 0.4) is 0 Å². The van der Waals surface area contributed by atoms with E-state index in [0.29, 0.717) is 12.2 Å². The maximum atomic E-state index is 12.4. The lowest BCUT2D eigenvalue weighted by molar-refractivity contribution is -0.123. The molecule has 0 amide bonds. The molecule has 3 heteroatoms. The van der Waals surface area contributed by atoms with Crippen LogP contribution in [-0.4, -0.2) is 23.5 Å². The highest BCUT2D eigenvalue weighted by Crippen LogP contribution is 2.32. The zero-order valence-corrected chi connectivity index (χ0v) is 10.6. The Hall–Kier alpha value is -1.22. The van der Waals surface area contributed by atoms with E-state index < -0.39 is 0 Å². The third-order valence-electron chi connectivity index (χ3n) is 4.04. The van der Waals surface area contributed by atoms with Crippen LogP contribution in [0.1, 0.15) is 49.3 Å². The van der Waals surface area contributed by atoms with E-state index in [1.54, 1.807) is 6.20 Å². The van der Waals surface area contributed by atoms with Crippen molar-refractivity contribution < 1.29 is 9.53 Å². The van der Waals surface area contributed by atoms with Crippen molar-refractivity contribution in [2.75, 3.05) is 6.61 Å². The molecule has 2 heterocycles. The van der Waals surface area contributed by atoms with Crippen molar-refractivity contribution >= 4 is 5.78 Å². The fourth-order valence-corrected chi connectivity index (χ4v) is 3.09. The quantitative estimate of drug-likeness (QED) is 0.821. The second kappa shape index (κ2) is 5.19. The molecule has 0 spiro atoms. The van der Waals surface area contributed by atoms with Gasteiger partial charge in [-0.25, -0.2) is 0 Å². The number of hydrogen-bond donors (Lipinski definition) is 0. The normalized spacial score (nSPS) is 26.9. The first-order valence-electron chi connectivity index (χ1n) is 6.92. The van der Waals surface area contributed by atoms with Gasteiger partial charge in [-0.3, -0.25) is 9.78 Å². The van der Waals surface area contributed by atoms with Gasteiger partial charge in [-0.1, -0.05) is 6.07 Å². The number of ether oxygens (including phenoxy) is 1. The van der Waals surface area contributed by atoms with Gasteiger partial charge in [0.15, 0.2) is 0 Å². The van der Waals surface area contributed by atoms with Gasteiger partial charge in [0.05, 0.1) is 17.7 Å². The highest BCUT2D eigenvalue weighted by molar-refractivity contribution is 5.86. The standard InChI is InChI=1S/C15H19NO2/c17-14(10-12-6-3-9-18-12)13-7-1-4-11-5-2-8-16-15(11)13/h2,5,8,12-13H,1,3-4,6-7,9-10H2. The number of pyridine rings is 1. The first-order valence-corrected chi connectivity index (χ1v) is 6.92. The van der Waals surface area contributed by atoms with Crippen LogP contribution in [0.2, 0.25) is 0 Å². The maximum Gasteiger partial charge on any atom is 0.144 e. The Labute approximate surface area is 108 Å². The Balaban J connectivity index is 1.74. The second-order valence-corrected chi connectivity index (χ2v) is 5.30. The molecule has 1 aromatic heterocycles. The van der Waals surface area contributed by atoms with Gasteiger partial charge in [0.2, 0.25) is 0 Å². The number of ketones is 1. The summed E-state index contributed by atoms with van der Waals surface area (Å²) in [5, 5.41) is 0. The molecule has 2 unspecified atom stereocenters. The van der Waals surface area contributed by atoms with E-state index in [1.165, 1.54) is 5.56 Å². The van der Waals surface area contributed by atoms with E-state index in [9.17, 15) is 4.79 Å². The average molecular weight is 245 g/mol. The average Bonchev–Trinajstić information content (AvgIpc) is 2.91. The first-order chi connectivity index (χ1) is 8.84. The molecular formula is C15H19NO2. The molecular weight excluding hydrogens is 226 g/mol. The van der Waals surface area contributed by atoms with Crippen LogP contribution in [0.4, 0.5) is 0 Å². The third kappa shape index (κ3) is 2.32. The molecule has 0 saturated carbocycles. The summed E-state index contributed by atoms with van der Waals surface area (Å²) in [5.74, 6) is 0.334. The summed E-state index contributed by atoms with van der Waals surface area (Å²) in [5.41, 5.74) is 2.28. The summed E-state index contributed by atoms with van der Waals surface area (Å²) in [6.07, 6.45) is 7.78. The molecule has 2 atom stereocenters. The van der Waals surface area contributed by atoms with Crippen LogP contribution in [0, 0.1) is 0 Å². The largest absolute Gasteiger partial charge is 0.378 e. The van der Waals surface area contributed by atoms with E-state index in [1.807, 2.05) is 6.07 Å². The Kier molecular flexibility index (Phi) is 3.41. The number of carbonyl (C=O) groups is 1. The monoisotopic (exact) mass is 245 g/mol. The van der Waals surface area contributed by atoms with E-state index in [2.05, 4.69) is 11.1 Å². The predicted octanol–water partition coefficient (Wildman–Crippen LogP) is 2.64. The lowest BCUT2D eigenvalue weighted by Crippen LogP contribution is -2.23. The van der Waals surface area contributed by atoms with Crippen molar-refractivity contribution in [3.63, 3.8) is 0 Å². The molecule has 2 aliphatic rings. The molecule has 1 saturated heterocycles. The molecule has 1 aromatic rings. The Morgan fingerprint density at radius 2 is 2.33 bits per heavy atom. The number of fused-ring (bicyclic) bond motifs is 1. The molecule has 0 N–H and O–H groups in total. The Morgan fingerprint density at radius 1 is 1.39 bits per heavy atom. The van der Waals surface area contributed by atoms with E-state index in [4.69, 9.17) is 4.74 Å². The van der Waals surface area contributed by atoms with Gasteiger partial charge < -0.3 is 4.74 Å². The molecule has 0 radical (unpaired) electrons. The molecule has 0 aromatic carbocycles. The van der Waals surface area contributed by atoms with Gasteiger partial charge in [0.25, 0.3) is 0 Å². The summed E-state index contributed by atoms with van der Waals surface area (Å²) in [4.78, 5) is 16.8. The highest BCUT2D eigenvalue weighted by Gasteiger charge is 2.30. The SMILES string of the molecule is O=C(CC1CCCO1)C1CCCc2cccnc21. The molecule has 0 bridgehead atoms.